The van der Waals surface area contributed by atoms with Crippen LogP contribution in [0.3, 0.4) is 0 Å². The Morgan fingerprint density at radius 1 is 1.20 bits per heavy atom. The van der Waals surface area contributed by atoms with E-state index >= 15 is 0 Å². The number of aromatic nitrogens is 1. The number of hydrogen-bond acceptors (Lipinski definition) is 3. The molecule has 2 amide bonds. The zero-order valence-electron chi connectivity index (χ0n) is 10.7. The molecule has 0 spiro atoms. The van der Waals surface area contributed by atoms with Crippen LogP contribution in [0.4, 0.5) is 5.82 Å². The number of carbonyl (C=O) groups is 2. The van der Waals surface area contributed by atoms with E-state index in [2.05, 4.69) is 15.6 Å². The quantitative estimate of drug-likeness (QED) is 0.863. The summed E-state index contributed by atoms with van der Waals surface area (Å²) in [6, 6.07) is 12.0. The fourth-order valence-electron chi connectivity index (χ4n) is 2.18. The van der Waals surface area contributed by atoms with Gasteiger partial charge in [-0.1, -0.05) is 24.3 Å². The molecule has 0 saturated heterocycles. The Labute approximate surface area is 116 Å². The van der Waals surface area contributed by atoms with Gasteiger partial charge in [-0.25, -0.2) is 4.98 Å². The molecule has 1 unspecified atom stereocenters. The lowest BCUT2D eigenvalue weighted by Crippen LogP contribution is -2.47. The minimum atomic E-state index is -0.570. The van der Waals surface area contributed by atoms with Crippen LogP contribution in [0.1, 0.15) is 15.9 Å². The predicted molar refractivity (Wildman–Crippen MR) is 74.3 cm³/mol. The van der Waals surface area contributed by atoms with Crippen molar-refractivity contribution in [2.24, 2.45) is 0 Å². The van der Waals surface area contributed by atoms with Crippen LogP contribution in [0.5, 0.6) is 0 Å². The summed E-state index contributed by atoms with van der Waals surface area (Å²) in [6.07, 6.45) is 2.08. The van der Waals surface area contributed by atoms with Crippen LogP contribution < -0.4 is 10.6 Å². The Morgan fingerprint density at radius 2 is 2.00 bits per heavy atom. The first-order valence-corrected chi connectivity index (χ1v) is 6.35. The average molecular weight is 267 g/mol. The van der Waals surface area contributed by atoms with Crippen molar-refractivity contribution < 1.29 is 9.59 Å². The summed E-state index contributed by atoms with van der Waals surface area (Å²) in [5, 5.41) is 5.45. The van der Waals surface area contributed by atoms with E-state index in [1.165, 1.54) is 0 Å². The summed E-state index contributed by atoms with van der Waals surface area (Å²) in [5.41, 5.74) is 1.46. The van der Waals surface area contributed by atoms with Crippen LogP contribution in [0.25, 0.3) is 0 Å². The number of anilines is 1. The van der Waals surface area contributed by atoms with Gasteiger partial charge in [0.1, 0.15) is 11.9 Å². The highest BCUT2D eigenvalue weighted by molar-refractivity contribution is 6.02. The van der Waals surface area contributed by atoms with Crippen molar-refractivity contribution in [2.75, 3.05) is 5.32 Å². The first kappa shape index (κ1) is 12.3. The third-order valence-electron chi connectivity index (χ3n) is 3.21. The summed E-state index contributed by atoms with van der Waals surface area (Å²) in [6.45, 7) is 0. The Morgan fingerprint density at radius 3 is 2.80 bits per heavy atom. The van der Waals surface area contributed by atoms with Crippen molar-refractivity contribution in [1.82, 2.24) is 10.3 Å². The Hall–Kier alpha value is -2.69. The summed E-state index contributed by atoms with van der Waals surface area (Å²) >= 11 is 0. The van der Waals surface area contributed by atoms with Crippen molar-refractivity contribution in [3.8, 4) is 0 Å². The average Bonchev–Trinajstić information content (AvgIpc) is 2.49. The zero-order valence-corrected chi connectivity index (χ0v) is 10.7. The van der Waals surface area contributed by atoms with Crippen LogP contribution in [0.2, 0.25) is 0 Å². The molecule has 0 fully saturated rings. The SMILES string of the molecule is O=C(NC1Cc2cccnc2NC1=O)c1ccccc1. The van der Waals surface area contributed by atoms with Crippen molar-refractivity contribution in [1.29, 1.82) is 0 Å². The van der Waals surface area contributed by atoms with E-state index in [9.17, 15) is 9.59 Å². The van der Waals surface area contributed by atoms with Crippen LogP contribution in [0, 0.1) is 0 Å². The summed E-state index contributed by atoms with van der Waals surface area (Å²) in [7, 11) is 0. The first-order chi connectivity index (χ1) is 9.74. The molecule has 0 saturated carbocycles. The molecule has 2 N–H and O–H groups in total. The van der Waals surface area contributed by atoms with Crippen LogP contribution in [-0.2, 0) is 11.2 Å². The van der Waals surface area contributed by atoms with Crippen LogP contribution in [-0.4, -0.2) is 22.8 Å². The Balaban J connectivity index is 1.76. The third kappa shape index (κ3) is 2.38. The molecule has 100 valence electrons. The molecule has 0 radical (unpaired) electrons. The third-order valence-corrected chi connectivity index (χ3v) is 3.21. The molecule has 3 rings (SSSR count). The van der Waals surface area contributed by atoms with E-state index in [0.29, 0.717) is 17.8 Å². The highest BCUT2D eigenvalue weighted by atomic mass is 16.2. The van der Waals surface area contributed by atoms with Gasteiger partial charge >= 0.3 is 0 Å². The van der Waals surface area contributed by atoms with E-state index in [1.54, 1.807) is 30.5 Å². The highest BCUT2D eigenvalue weighted by Gasteiger charge is 2.28. The lowest BCUT2D eigenvalue weighted by atomic mass is 10.0. The molecule has 2 heterocycles. The Bertz CT molecular complexity index is 655. The molecule has 5 heteroatoms. The van der Waals surface area contributed by atoms with Gasteiger partial charge in [0.25, 0.3) is 5.91 Å². The monoisotopic (exact) mass is 267 g/mol. The summed E-state index contributed by atoms with van der Waals surface area (Å²) in [5.74, 6) is 0.0845. The molecule has 5 nitrogen and oxygen atoms in total. The molecule has 1 atom stereocenters. The van der Waals surface area contributed by atoms with Gasteiger partial charge in [0.15, 0.2) is 0 Å². The van der Waals surface area contributed by atoms with Gasteiger partial charge in [0.05, 0.1) is 0 Å². The molecular formula is C15H13N3O2. The van der Waals surface area contributed by atoms with Crippen molar-refractivity contribution in [3.63, 3.8) is 0 Å². The topological polar surface area (TPSA) is 71.1 Å². The summed E-state index contributed by atoms with van der Waals surface area (Å²) < 4.78 is 0. The minimum Gasteiger partial charge on any atom is -0.340 e. The second-order valence-corrected chi connectivity index (χ2v) is 4.60. The highest BCUT2D eigenvalue weighted by Crippen LogP contribution is 2.19. The number of benzene rings is 1. The molecule has 1 aliphatic heterocycles. The van der Waals surface area contributed by atoms with Gasteiger partial charge in [0.2, 0.25) is 5.91 Å². The van der Waals surface area contributed by atoms with Gasteiger partial charge in [-0.2, -0.15) is 0 Å². The van der Waals surface area contributed by atoms with Crippen LogP contribution in [0.15, 0.2) is 48.7 Å². The van der Waals surface area contributed by atoms with E-state index in [4.69, 9.17) is 0 Å². The summed E-state index contributed by atoms with van der Waals surface area (Å²) in [4.78, 5) is 28.1. The zero-order chi connectivity index (χ0) is 13.9. The molecule has 1 aromatic carbocycles. The van der Waals surface area contributed by atoms with E-state index in [0.717, 1.165) is 5.56 Å². The number of amides is 2. The fourth-order valence-corrected chi connectivity index (χ4v) is 2.18. The molecule has 1 aliphatic rings. The molecule has 0 aliphatic carbocycles. The standard InChI is InChI=1S/C15H13N3O2/c19-14(10-5-2-1-3-6-10)17-12-9-11-7-4-8-16-13(11)18-15(12)20/h1-8,12H,9H2,(H,17,19)(H,16,18,20). The number of pyridine rings is 1. The van der Waals surface area contributed by atoms with Crippen molar-refractivity contribution >= 4 is 17.6 Å². The normalized spacial score (nSPS) is 17.0. The fraction of sp³-hybridized carbons (Fsp3) is 0.133. The van der Waals surface area contributed by atoms with Gasteiger partial charge in [-0.3, -0.25) is 9.59 Å². The smallest absolute Gasteiger partial charge is 0.251 e. The van der Waals surface area contributed by atoms with Crippen molar-refractivity contribution in [3.05, 3.63) is 59.8 Å². The molecule has 20 heavy (non-hydrogen) atoms. The molecule has 2 aromatic rings. The van der Waals surface area contributed by atoms with Gasteiger partial charge in [-0.05, 0) is 23.8 Å². The first-order valence-electron chi connectivity index (χ1n) is 6.35. The minimum absolute atomic E-state index is 0.236. The lowest BCUT2D eigenvalue weighted by molar-refractivity contribution is -0.118. The maximum Gasteiger partial charge on any atom is 0.251 e. The number of fused-ring (bicyclic) bond motifs is 1. The molecular weight excluding hydrogens is 254 g/mol. The maximum atomic E-state index is 12.1. The van der Waals surface area contributed by atoms with E-state index < -0.39 is 6.04 Å². The number of nitrogens with one attached hydrogen (secondary N) is 2. The largest absolute Gasteiger partial charge is 0.340 e. The van der Waals surface area contributed by atoms with E-state index in [1.807, 2.05) is 18.2 Å². The number of carbonyl (C=O) groups excluding carboxylic acids is 2. The van der Waals surface area contributed by atoms with E-state index in [-0.39, 0.29) is 11.8 Å². The maximum absolute atomic E-state index is 12.1. The second-order valence-electron chi connectivity index (χ2n) is 4.60. The van der Waals surface area contributed by atoms with Crippen LogP contribution >= 0.6 is 0 Å². The number of hydrogen-bond donors (Lipinski definition) is 2. The number of rotatable bonds is 2. The Kier molecular flexibility index (Phi) is 3.16. The molecule has 1 aromatic heterocycles. The second kappa shape index (κ2) is 5.13. The van der Waals surface area contributed by atoms with Crippen molar-refractivity contribution in [2.45, 2.75) is 12.5 Å². The number of nitrogens with zero attached hydrogens (tertiary/aromatic N) is 1. The predicted octanol–water partition coefficient (Wildman–Crippen LogP) is 1.37. The van der Waals surface area contributed by atoms with Gasteiger partial charge in [0, 0.05) is 18.2 Å². The van der Waals surface area contributed by atoms with Gasteiger partial charge in [-0.15, -0.1) is 0 Å². The van der Waals surface area contributed by atoms with Gasteiger partial charge < -0.3 is 10.6 Å². The lowest BCUT2D eigenvalue weighted by Gasteiger charge is -2.24. The molecule has 0 bridgehead atoms.